The molecular weight excluding hydrogens is 136 g/mol. The van der Waals surface area contributed by atoms with Crippen LogP contribution in [0.5, 0.6) is 0 Å². The number of allylic oxidation sites excluding steroid dienone is 1. The molecule has 11 heavy (non-hydrogen) atoms. The van der Waals surface area contributed by atoms with E-state index in [1.54, 1.807) is 0 Å². The van der Waals surface area contributed by atoms with Crippen LogP contribution in [-0.4, -0.2) is 6.29 Å². The number of hydrogen-bond acceptors (Lipinski definition) is 1. The molecule has 0 atom stereocenters. The zero-order chi connectivity index (χ0) is 8.97. The molecule has 0 aliphatic heterocycles. The summed E-state index contributed by atoms with van der Waals surface area (Å²) in [5, 5.41) is 0. The monoisotopic (exact) mass is 147 g/mol. The number of carbonyl (C=O) groups excluding carboxylic acids is 1. The molecule has 1 rings (SSSR count). The van der Waals surface area contributed by atoms with E-state index in [1.165, 1.54) is 11.6 Å². The van der Waals surface area contributed by atoms with Gasteiger partial charge in [0.25, 0.3) is 0 Å². The number of aryl methyl sites for hydroxylation is 1. The molecule has 0 bridgehead atoms. The van der Waals surface area contributed by atoms with Crippen LogP contribution in [0.15, 0.2) is 30.3 Å². The molecule has 1 aromatic carbocycles. The molecule has 0 aliphatic carbocycles. The maximum Gasteiger partial charge on any atom is 0.142 e. The third kappa shape index (κ3) is 2.38. The van der Waals surface area contributed by atoms with Crippen LogP contribution in [0, 0.1) is 6.92 Å². The molecule has 0 amide bonds. The topological polar surface area (TPSA) is 17.1 Å². The highest BCUT2D eigenvalue weighted by molar-refractivity contribution is 5.73. The lowest BCUT2D eigenvalue weighted by molar-refractivity contribution is -0.104. The number of aldehydes is 1. The van der Waals surface area contributed by atoms with Gasteiger partial charge in [-0.3, -0.25) is 4.79 Å². The highest BCUT2D eigenvalue weighted by Crippen LogP contribution is 2.03. The van der Waals surface area contributed by atoms with Crippen molar-refractivity contribution >= 4 is 12.4 Å². The van der Waals surface area contributed by atoms with Crippen molar-refractivity contribution in [2.24, 2.45) is 0 Å². The average Bonchev–Trinajstić information content (AvgIpc) is 2.09. The molecule has 0 fully saturated rings. The zero-order valence-corrected chi connectivity index (χ0v) is 6.37. The molecule has 0 saturated carbocycles. The standard InChI is InChI=1S/C10H10O/c1-9-4-6-10(7-5-9)3-2-8-11/h2-8H,1H3/b3-2+/i2D. The van der Waals surface area contributed by atoms with Crippen molar-refractivity contribution in [3.63, 3.8) is 0 Å². The third-order valence-electron chi connectivity index (χ3n) is 1.40. The molecule has 0 saturated heterocycles. The van der Waals surface area contributed by atoms with E-state index >= 15 is 0 Å². The molecule has 0 unspecified atom stereocenters. The zero-order valence-electron chi connectivity index (χ0n) is 7.37. The van der Waals surface area contributed by atoms with Crippen molar-refractivity contribution in [1.82, 2.24) is 0 Å². The predicted octanol–water partition coefficient (Wildman–Crippen LogP) is 2.21. The van der Waals surface area contributed by atoms with Crippen molar-refractivity contribution < 1.29 is 6.17 Å². The van der Waals surface area contributed by atoms with Crippen LogP contribution in [0.2, 0.25) is 0 Å². The van der Waals surface area contributed by atoms with Gasteiger partial charge >= 0.3 is 0 Å². The maximum absolute atomic E-state index is 10.1. The fourth-order valence-corrected chi connectivity index (χ4v) is 0.793. The van der Waals surface area contributed by atoms with Gasteiger partial charge in [0.15, 0.2) is 0 Å². The first-order chi connectivity index (χ1) is 5.72. The van der Waals surface area contributed by atoms with Crippen LogP contribution in [0.1, 0.15) is 12.5 Å². The van der Waals surface area contributed by atoms with Gasteiger partial charge in [0.2, 0.25) is 0 Å². The quantitative estimate of drug-likeness (QED) is 0.463. The Bertz CT molecular complexity index is 298. The summed E-state index contributed by atoms with van der Waals surface area (Å²) in [5.74, 6) is 0. The lowest BCUT2D eigenvalue weighted by Crippen LogP contribution is -1.73. The minimum Gasteiger partial charge on any atom is -0.299 e. The predicted molar refractivity (Wildman–Crippen MR) is 46.3 cm³/mol. The van der Waals surface area contributed by atoms with Gasteiger partial charge in [0.1, 0.15) is 6.29 Å². The van der Waals surface area contributed by atoms with Crippen LogP contribution in [0.3, 0.4) is 0 Å². The molecule has 0 heterocycles. The molecular formula is C10H10O. The van der Waals surface area contributed by atoms with E-state index in [2.05, 4.69) is 0 Å². The van der Waals surface area contributed by atoms with E-state index in [9.17, 15) is 4.79 Å². The number of hydrogen-bond donors (Lipinski definition) is 0. The van der Waals surface area contributed by atoms with Crippen LogP contribution in [0.25, 0.3) is 6.08 Å². The van der Waals surface area contributed by atoms with Crippen LogP contribution >= 0.6 is 0 Å². The van der Waals surface area contributed by atoms with Crippen molar-refractivity contribution in [1.29, 1.82) is 0 Å². The average molecular weight is 147 g/mol. The molecule has 56 valence electrons. The van der Waals surface area contributed by atoms with Crippen molar-refractivity contribution in [2.45, 2.75) is 6.92 Å². The second kappa shape index (κ2) is 3.71. The minimum absolute atomic E-state index is 0.00106. The normalized spacial score (nSPS) is 12.5. The van der Waals surface area contributed by atoms with E-state index in [0.717, 1.165) is 5.56 Å². The minimum atomic E-state index is -0.00106. The third-order valence-corrected chi connectivity index (χ3v) is 1.40. The first-order valence-corrected chi connectivity index (χ1v) is 3.42. The number of rotatable bonds is 2. The summed E-state index contributed by atoms with van der Waals surface area (Å²) >= 11 is 0. The Labute approximate surface area is 67.8 Å². The van der Waals surface area contributed by atoms with Crippen molar-refractivity contribution in [3.8, 4) is 0 Å². The summed E-state index contributed by atoms with van der Waals surface area (Å²) < 4.78 is 7.10. The Morgan fingerprint density at radius 2 is 2.00 bits per heavy atom. The van der Waals surface area contributed by atoms with Gasteiger partial charge in [-0.15, -0.1) is 0 Å². The molecule has 0 N–H and O–H groups in total. The van der Waals surface area contributed by atoms with Crippen LogP contribution in [-0.2, 0) is 4.79 Å². The lowest BCUT2D eigenvalue weighted by Gasteiger charge is -1.92. The van der Waals surface area contributed by atoms with Gasteiger partial charge in [0, 0.05) is 0 Å². The molecule has 0 radical (unpaired) electrons. The molecule has 1 aromatic rings. The summed E-state index contributed by atoms with van der Waals surface area (Å²) in [6, 6.07) is 7.66. The van der Waals surface area contributed by atoms with Gasteiger partial charge in [-0.2, -0.15) is 0 Å². The SMILES string of the molecule is [2H]/C(C=O)=C\c1ccc(C)cc1. The largest absolute Gasteiger partial charge is 0.299 e. The first kappa shape index (κ1) is 6.35. The first-order valence-electron chi connectivity index (χ1n) is 3.92. The van der Waals surface area contributed by atoms with E-state index in [1.807, 2.05) is 31.2 Å². The lowest BCUT2D eigenvalue weighted by atomic mass is 10.1. The van der Waals surface area contributed by atoms with E-state index in [4.69, 9.17) is 1.37 Å². The number of carbonyl (C=O) groups is 1. The Morgan fingerprint density at radius 1 is 1.36 bits per heavy atom. The molecule has 0 aromatic heterocycles. The van der Waals surface area contributed by atoms with E-state index < -0.39 is 0 Å². The van der Waals surface area contributed by atoms with Gasteiger partial charge in [0.05, 0.1) is 1.37 Å². The second-order valence-corrected chi connectivity index (χ2v) is 2.34. The smallest absolute Gasteiger partial charge is 0.142 e. The Morgan fingerprint density at radius 3 is 2.55 bits per heavy atom. The van der Waals surface area contributed by atoms with Crippen molar-refractivity contribution in [3.05, 3.63) is 41.4 Å². The summed E-state index contributed by atoms with van der Waals surface area (Å²) in [4.78, 5) is 10.1. The van der Waals surface area contributed by atoms with E-state index in [0.29, 0.717) is 6.29 Å². The molecule has 0 spiro atoms. The Balaban J connectivity index is 2.91. The highest BCUT2D eigenvalue weighted by Gasteiger charge is 1.84. The second-order valence-electron chi connectivity index (χ2n) is 2.34. The van der Waals surface area contributed by atoms with E-state index in [-0.39, 0.29) is 6.05 Å². The Hall–Kier alpha value is -1.37. The van der Waals surface area contributed by atoms with Crippen LogP contribution in [0.4, 0.5) is 0 Å². The fourth-order valence-electron chi connectivity index (χ4n) is 0.793. The summed E-state index contributed by atoms with van der Waals surface area (Å²) in [6.45, 7) is 1.99. The fraction of sp³-hybridized carbons (Fsp3) is 0.100. The van der Waals surface area contributed by atoms with Gasteiger partial charge in [-0.1, -0.05) is 35.9 Å². The van der Waals surface area contributed by atoms with Gasteiger partial charge < -0.3 is 0 Å². The summed E-state index contributed by atoms with van der Waals surface area (Å²) in [7, 11) is 0. The molecule has 1 nitrogen and oxygen atoms in total. The van der Waals surface area contributed by atoms with Gasteiger partial charge in [-0.25, -0.2) is 0 Å². The van der Waals surface area contributed by atoms with Crippen LogP contribution < -0.4 is 0 Å². The number of benzene rings is 1. The molecule has 1 heteroatoms. The molecule has 0 aliphatic rings. The summed E-state index contributed by atoms with van der Waals surface area (Å²) in [6.07, 6.45) is 2.06. The van der Waals surface area contributed by atoms with Gasteiger partial charge in [-0.05, 0) is 18.5 Å². The Kier molecular flexibility index (Phi) is 2.14. The van der Waals surface area contributed by atoms with Crippen molar-refractivity contribution in [2.75, 3.05) is 0 Å². The maximum atomic E-state index is 10.1. The summed E-state index contributed by atoms with van der Waals surface area (Å²) in [5.41, 5.74) is 2.06. The highest BCUT2D eigenvalue weighted by atomic mass is 16.1.